The van der Waals surface area contributed by atoms with Crippen LogP contribution < -0.4 is 4.90 Å². The molecule has 11 rings (SSSR count). The van der Waals surface area contributed by atoms with Crippen LogP contribution in [0.3, 0.4) is 0 Å². The fourth-order valence-corrected chi connectivity index (χ4v) is 10.5. The molecule has 9 aromatic rings. The molecule has 0 N–H and O–H groups in total. The lowest BCUT2D eigenvalue weighted by molar-refractivity contribution is 0.767. The van der Waals surface area contributed by atoms with Crippen molar-refractivity contribution in [1.82, 2.24) is 9.97 Å². The van der Waals surface area contributed by atoms with Crippen molar-refractivity contribution in [1.29, 1.82) is 0 Å². The van der Waals surface area contributed by atoms with E-state index >= 15 is 0 Å². The van der Waals surface area contributed by atoms with Crippen LogP contribution in [-0.2, 0) is 5.41 Å². The van der Waals surface area contributed by atoms with Crippen LogP contribution in [0, 0.1) is 0 Å². The first-order chi connectivity index (χ1) is 28.7. The molecule has 2 aromatic heterocycles. The molecule has 0 bridgehead atoms. The van der Waals surface area contributed by atoms with E-state index in [1.54, 1.807) is 0 Å². The lowest BCUT2D eigenvalue weighted by atomic mass is 9.67. The van der Waals surface area contributed by atoms with Crippen molar-refractivity contribution >= 4 is 48.7 Å². The smallest absolute Gasteiger partial charge is 0.230 e. The average molecular weight is 760 g/mol. The number of hydrogen-bond donors (Lipinski definition) is 0. The Hall–Kier alpha value is -7.14. The van der Waals surface area contributed by atoms with Crippen LogP contribution in [0.4, 0.5) is 11.6 Å². The molecule has 0 radical (unpaired) electrons. The van der Waals surface area contributed by atoms with Crippen LogP contribution in [0.5, 0.6) is 0 Å². The number of anilines is 2. The molecule has 0 fully saturated rings. The summed E-state index contributed by atoms with van der Waals surface area (Å²) in [4.78, 5) is 12.5. The number of benzene rings is 7. The maximum absolute atomic E-state index is 5.33. The normalized spacial score (nSPS) is 15.2. The van der Waals surface area contributed by atoms with E-state index in [0.29, 0.717) is 12.5 Å². The average Bonchev–Trinajstić information content (AvgIpc) is 3.84. The molecule has 1 aliphatic heterocycles. The quantitative estimate of drug-likeness (QED) is 0.175. The first-order valence-electron chi connectivity index (χ1n) is 19.7. The molecule has 2 aliphatic rings. The molecular weight excluding hydrogens is 723 g/mol. The van der Waals surface area contributed by atoms with Gasteiger partial charge >= 0.3 is 0 Å². The third-order valence-corrected chi connectivity index (χ3v) is 13.0. The number of allylic oxidation sites excluding steroid dienone is 4. The maximum Gasteiger partial charge on any atom is 0.230 e. The van der Waals surface area contributed by atoms with Gasteiger partial charge in [-0.3, -0.25) is 0 Å². The molecule has 7 aromatic carbocycles. The van der Waals surface area contributed by atoms with E-state index in [0.717, 1.165) is 28.1 Å². The van der Waals surface area contributed by atoms with Crippen LogP contribution in [0.25, 0.3) is 59.3 Å². The first-order valence-corrected chi connectivity index (χ1v) is 20.5. The highest BCUT2D eigenvalue weighted by Gasteiger charge is 2.46. The standard InChI is InChI=1S/C54H37N3S/c1-36-16-4-3-13-33-57(53-55-32-31-49(56-53)38-18-14-17-37(34-38)42-24-15-25-46-45-23-9-12-28-51(45)58-52(42)46)50-35-40(29-30-41(36)50)54(39-19-5-2-6-20-39)47-26-10-7-21-43(47)44-22-8-11-27-48(44)54/h2-32,34-35H,1,33H2/b13-3-,16-4-. The topological polar surface area (TPSA) is 29.0 Å². The van der Waals surface area contributed by atoms with Crippen molar-refractivity contribution in [2.24, 2.45) is 0 Å². The molecule has 0 spiro atoms. The highest BCUT2D eigenvalue weighted by atomic mass is 32.1. The Bertz CT molecular complexity index is 3090. The van der Waals surface area contributed by atoms with Gasteiger partial charge in [-0.1, -0.05) is 176 Å². The fourth-order valence-electron chi connectivity index (χ4n) is 9.23. The highest BCUT2D eigenvalue weighted by molar-refractivity contribution is 7.26. The predicted molar refractivity (Wildman–Crippen MR) is 244 cm³/mol. The SMILES string of the molecule is C=C1/C=C\C=C/CN(c2nccc(-c3cccc(-c4cccc5c4sc4ccccc45)c3)n2)c2cc(C3(c4ccccc4)c4ccccc4-c4ccccc43)ccc21. The summed E-state index contributed by atoms with van der Waals surface area (Å²) in [6.45, 7) is 5.13. The highest BCUT2D eigenvalue weighted by Crippen LogP contribution is 2.56. The van der Waals surface area contributed by atoms with E-state index in [4.69, 9.17) is 9.97 Å². The summed E-state index contributed by atoms with van der Waals surface area (Å²) in [6, 6.07) is 61.7. The summed E-state index contributed by atoms with van der Waals surface area (Å²) >= 11 is 1.85. The van der Waals surface area contributed by atoms with E-state index in [1.165, 1.54) is 64.7 Å². The summed E-state index contributed by atoms with van der Waals surface area (Å²) in [5, 5.41) is 2.60. The zero-order chi connectivity index (χ0) is 38.6. The molecule has 274 valence electrons. The van der Waals surface area contributed by atoms with Crippen LogP contribution in [-0.4, -0.2) is 16.5 Å². The van der Waals surface area contributed by atoms with Crippen molar-refractivity contribution in [2.45, 2.75) is 5.41 Å². The molecule has 0 saturated heterocycles. The number of thiophene rings is 1. The minimum Gasteiger partial charge on any atom is -0.306 e. The Morgan fingerprint density at radius 1 is 0.569 bits per heavy atom. The second-order valence-corrected chi connectivity index (χ2v) is 16.0. The molecule has 58 heavy (non-hydrogen) atoms. The number of nitrogens with zero attached hydrogens (tertiary/aromatic N) is 3. The van der Waals surface area contributed by atoms with Gasteiger partial charge in [0.05, 0.1) is 16.8 Å². The Labute approximate surface area is 342 Å². The Morgan fingerprint density at radius 3 is 2.12 bits per heavy atom. The number of rotatable bonds is 5. The van der Waals surface area contributed by atoms with E-state index in [-0.39, 0.29) is 0 Å². The van der Waals surface area contributed by atoms with Crippen molar-refractivity contribution in [3.63, 3.8) is 0 Å². The van der Waals surface area contributed by atoms with Gasteiger partial charge in [-0.15, -0.1) is 11.3 Å². The molecule has 0 unspecified atom stereocenters. The summed E-state index contributed by atoms with van der Waals surface area (Å²) < 4.78 is 2.60. The van der Waals surface area contributed by atoms with Gasteiger partial charge in [-0.05, 0) is 74.3 Å². The molecule has 3 nitrogen and oxygen atoms in total. The van der Waals surface area contributed by atoms with Gasteiger partial charge in [-0.25, -0.2) is 9.97 Å². The molecule has 0 saturated carbocycles. The van der Waals surface area contributed by atoms with Gasteiger partial charge in [0.2, 0.25) is 5.95 Å². The van der Waals surface area contributed by atoms with Crippen molar-refractivity contribution in [3.8, 4) is 33.5 Å². The minimum absolute atomic E-state index is 0.541. The molecular formula is C54H37N3S. The Balaban J connectivity index is 1.07. The molecule has 4 heteroatoms. The Kier molecular flexibility index (Phi) is 8.12. The lowest BCUT2D eigenvalue weighted by Gasteiger charge is -2.35. The summed E-state index contributed by atoms with van der Waals surface area (Å²) in [5.41, 5.74) is 14.2. The van der Waals surface area contributed by atoms with E-state index < -0.39 is 5.41 Å². The molecule has 0 atom stereocenters. The van der Waals surface area contributed by atoms with E-state index in [1.807, 2.05) is 23.6 Å². The van der Waals surface area contributed by atoms with Crippen LogP contribution in [0.2, 0.25) is 0 Å². The maximum atomic E-state index is 5.33. The monoisotopic (exact) mass is 759 g/mol. The third-order valence-electron chi connectivity index (χ3n) is 11.8. The van der Waals surface area contributed by atoms with Gasteiger partial charge in [0.15, 0.2) is 0 Å². The fraction of sp³-hybridized carbons (Fsp3) is 0.0370. The van der Waals surface area contributed by atoms with Crippen molar-refractivity contribution in [2.75, 3.05) is 11.4 Å². The minimum atomic E-state index is -0.541. The van der Waals surface area contributed by atoms with Gasteiger partial charge in [0, 0.05) is 44.0 Å². The van der Waals surface area contributed by atoms with Crippen molar-refractivity contribution < 1.29 is 0 Å². The zero-order valence-corrected chi connectivity index (χ0v) is 32.5. The number of fused-ring (bicyclic) bond motifs is 7. The second-order valence-electron chi connectivity index (χ2n) is 15.0. The zero-order valence-electron chi connectivity index (χ0n) is 31.7. The van der Waals surface area contributed by atoms with E-state index in [9.17, 15) is 0 Å². The predicted octanol–water partition coefficient (Wildman–Crippen LogP) is 13.8. The Morgan fingerprint density at radius 2 is 1.28 bits per heavy atom. The van der Waals surface area contributed by atoms with Crippen molar-refractivity contribution in [3.05, 3.63) is 235 Å². The van der Waals surface area contributed by atoms with E-state index in [2.05, 4.69) is 200 Å². The van der Waals surface area contributed by atoms with Gasteiger partial charge in [0.1, 0.15) is 0 Å². The second kappa shape index (κ2) is 13.8. The third kappa shape index (κ3) is 5.33. The van der Waals surface area contributed by atoms with Gasteiger partial charge in [0.25, 0.3) is 0 Å². The summed E-state index contributed by atoms with van der Waals surface area (Å²) in [7, 11) is 0. The van der Waals surface area contributed by atoms with Gasteiger partial charge in [-0.2, -0.15) is 0 Å². The summed E-state index contributed by atoms with van der Waals surface area (Å²) in [5.74, 6) is 0.633. The number of aromatic nitrogens is 2. The molecule has 1 aliphatic carbocycles. The first kappa shape index (κ1) is 34.1. The molecule has 0 amide bonds. The van der Waals surface area contributed by atoms with Crippen LogP contribution in [0.1, 0.15) is 27.8 Å². The number of hydrogen-bond acceptors (Lipinski definition) is 4. The van der Waals surface area contributed by atoms with Crippen LogP contribution >= 0.6 is 11.3 Å². The molecule has 3 heterocycles. The lowest BCUT2D eigenvalue weighted by Crippen LogP contribution is -2.29. The van der Waals surface area contributed by atoms with Crippen LogP contribution in [0.15, 0.2) is 207 Å². The summed E-state index contributed by atoms with van der Waals surface area (Å²) in [6.07, 6.45) is 10.3. The van der Waals surface area contributed by atoms with Gasteiger partial charge < -0.3 is 4.90 Å². The largest absolute Gasteiger partial charge is 0.306 e.